The molecule has 3 aliphatic rings. The van der Waals surface area contributed by atoms with Crippen LogP contribution in [-0.4, -0.2) is 41.8 Å². The largest absolute Gasteiger partial charge is 0.322 e. The lowest BCUT2D eigenvalue weighted by atomic mass is 9.88. The molecule has 6 nitrogen and oxygen atoms in total. The van der Waals surface area contributed by atoms with Gasteiger partial charge in [-0.1, -0.05) is 12.1 Å². The molecule has 1 atom stereocenters. The van der Waals surface area contributed by atoms with E-state index in [-0.39, 0.29) is 24.1 Å². The molecule has 126 valence electrons. The van der Waals surface area contributed by atoms with E-state index in [0.717, 1.165) is 31.5 Å². The van der Waals surface area contributed by atoms with Crippen molar-refractivity contribution in [2.24, 2.45) is 0 Å². The lowest BCUT2D eigenvalue weighted by Crippen LogP contribution is -2.52. The van der Waals surface area contributed by atoms with Gasteiger partial charge in [0.05, 0.1) is 0 Å². The summed E-state index contributed by atoms with van der Waals surface area (Å²) in [5.41, 5.74) is 2.98. The number of rotatable bonds is 2. The van der Waals surface area contributed by atoms with E-state index in [9.17, 15) is 14.4 Å². The molecule has 0 radical (unpaired) electrons. The molecule has 1 unspecified atom stereocenters. The first-order valence-electron chi connectivity index (χ1n) is 8.61. The van der Waals surface area contributed by atoms with Gasteiger partial charge in [-0.15, -0.1) is 0 Å². The Morgan fingerprint density at radius 1 is 1.04 bits per heavy atom. The van der Waals surface area contributed by atoms with Gasteiger partial charge in [0.15, 0.2) is 0 Å². The third-order valence-corrected chi connectivity index (χ3v) is 5.36. The fraction of sp³-hybridized carbons (Fsp3) is 0.500. The van der Waals surface area contributed by atoms with Crippen LogP contribution in [-0.2, 0) is 16.1 Å². The van der Waals surface area contributed by atoms with E-state index in [0.29, 0.717) is 24.4 Å². The highest BCUT2D eigenvalue weighted by Gasteiger charge is 2.39. The summed E-state index contributed by atoms with van der Waals surface area (Å²) in [7, 11) is 0. The monoisotopic (exact) mass is 327 g/mol. The Labute approximate surface area is 140 Å². The minimum atomic E-state index is -0.537. The minimum absolute atomic E-state index is 0.101. The molecule has 24 heavy (non-hydrogen) atoms. The first kappa shape index (κ1) is 15.3. The van der Waals surface area contributed by atoms with Crippen LogP contribution in [0.3, 0.4) is 0 Å². The second-order valence-corrected chi connectivity index (χ2v) is 6.84. The van der Waals surface area contributed by atoms with E-state index < -0.39 is 6.04 Å². The first-order chi connectivity index (χ1) is 11.6. The van der Waals surface area contributed by atoms with Gasteiger partial charge in [0.25, 0.3) is 5.91 Å². The number of nitrogens with zero attached hydrogens (tertiary/aromatic N) is 1. The number of hydrogen-bond donors (Lipinski definition) is 2. The van der Waals surface area contributed by atoms with Gasteiger partial charge in [-0.2, -0.15) is 0 Å². The van der Waals surface area contributed by atoms with Gasteiger partial charge in [-0.05, 0) is 55.5 Å². The number of fused-ring (bicyclic) bond motifs is 1. The minimum Gasteiger partial charge on any atom is -0.322 e. The SMILES string of the molecule is O=C1CCC(N2Cc3cc(C4CCNCC4)ccc3C2=O)C(=O)N1. The molecule has 2 N–H and O–H groups in total. The van der Waals surface area contributed by atoms with Crippen LogP contribution in [0, 0.1) is 0 Å². The molecule has 3 heterocycles. The third-order valence-electron chi connectivity index (χ3n) is 5.36. The van der Waals surface area contributed by atoms with Crippen LogP contribution in [0.1, 0.15) is 53.1 Å². The maximum absolute atomic E-state index is 12.7. The molecule has 1 aromatic carbocycles. The second-order valence-electron chi connectivity index (χ2n) is 6.84. The first-order valence-corrected chi connectivity index (χ1v) is 8.61. The number of imide groups is 1. The van der Waals surface area contributed by atoms with Gasteiger partial charge in [-0.3, -0.25) is 19.7 Å². The molecule has 3 aliphatic heterocycles. The van der Waals surface area contributed by atoms with Crippen LogP contribution in [0.2, 0.25) is 0 Å². The normalized spacial score (nSPS) is 24.9. The van der Waals surface area contributed by atoms with Crippen LogP contribution >= 0.6 is 0 Å². The summed E-state index contributed by atoms with van der Waals surface area (Å²) in [6, 6.07) is 5.56. The van der Waals surface area contributed by atoms with Crippen molar-refractivity contribution in [3.8, 4) is 0 Å². The van der Waals surface area contributed by atoms with Crippen molar-refractivity contribution >= 4 is 17.7 Å². The van der Waals surface area contributed by atoms with E-state index >= 15 is 0 Å². The van der Waals surface area contributed by atoms with Gasteiger partial charge >= 0.3 is 0 Å². The van der Waals surface area contributed by atoms with Crippen LogP contribution in [0.5, 0.6) is 0 Å². The molecule has 0 aromatic heterocycles. The maximum Gasteiger partial charge on any atom is 0.255 e. The molecule has 0 spiro atoms. The smallest absolute Gasteiger partial charge is 0.255 e. The summed E-state index contributed by atoms with van der Waals surface area (Å²) in [5, 5.41) is 5.71. The van der Waals surface area contributed by atoms with Crippen LogP contribution in [0.15, 0.2) is 18.2 Å². The van der Waals surface area contributed by atoms with Crippen LogP contribution in [0.25, 0.3) is 0 Å². The lowest BCUT2D eigenvalue weighted by molar-refractivity contribution is -0.136. The molecule has 2 fully saturated rings. The average Bonchev–Trinajstić information content (AvgIpc) is 2.92. The van der Waals surface area contributed by atoms with Crippen molar-refractivity contribution in [1.29, 1.82) is 0 Å². The number of hydrogen-bond acceptors (Lipinski definition) is 4. The zero-order valence-electron chi connectivity index (χ0n) is 13.5. The molecular formula is C18H21N3O3. The fourth-order valence-electron chi connectivity index (χ4n) is 4.00. The summed E-state index contributed by atoms with van der Waals surface area (Å²) in [4.78, 5) is 37.7. The van der Waals surface area contributed by atoms with Crippen molar-refractivity contribution in [3.05, 3.63) is 34.9 Å². The van der Waals surface area contributed by atoms with Crippen molar-refractivity contribution < 1.29 is 14.4 Å². The number of piperidine rings is 2. The Bertz CT molecular complexity index is 709. The Balaban J connectivity index is 1.55. The summed E-state index contributed by atoms with van der Waals surface area (Å²) in [6.45, 7) is 2.52. The Morgan fingerprint density at radius 3 is 2.58 bits per heavy atom. The number of carbonyl (C=O) groups is 3. The average molecular weight is 327 g/mol. The van der Waals surface area contributed by atoms with Crippen molar-refractivity contribution in [3.63, 3.8) is 0 Å². The Morgan fingerprint density at radius 2 is 1.83 bits per heavy atom. The van der Waals surface area contributed by atoms with Crippen molar-refractivity contribution in [2.45, 2.75) is 44.2 Å². The van der Waals surface area contributed by atoms with Crippen LogP contribution < -0.4 is 10.6 Å². The summed E-state index contributed by atoms with van der Waals surface area (Å²) in [5.74, 6) is -0.174. The maximum atomic E-state index is 12.7. The number of carbonyl (C=O) groups excluding carboxylic acids is 3. The van der Waals surface area contributed by atoms with E-state index in [1.54, 1.807) is 4.90 Å². The van der Waals surface area contributed by atoms with E-state index in [1.807, 2.05) is 6.07 Å². The third kappa shape index (κ3) is 2.60. The molecular weight excluding hydrogens is 306 g/mol. The zero-order chi connectivity index (χ0) is 16.7. The van der Waals surface area contributed by atoms with Crippen molar-refractivity contribution in [2.75, 3.05) is 13.1 Å². The molecule has 3 amide bonds. The standard InChI is InChI=1S/C18H21N3O3/c22-16-4-3-15(17(23)20-16)21-10-13-9-12(1-2-14(13)18(21)24)11-5-7-19-8-6-11/h1-2,9,11,15,19H,3-8,10H2,(H,20,22,23). The molecule has 4 rings (SSSR count). The highest BCUT2D eigenvalue weighted by molar-refractivity contribution is 6.05. The zero-order valence-corrected chi connectivity index (χ0v) is 13.5. The number of nitrogens with one attached hydrogen (secondary N) is 2. The Kier molecular flexibility index (Phi) is 3.84. The quantitative estimate of drug-likeness (QED) is 0.792. The lowest BCUT2D eigenvalue weighted by Gasteiger charge is -2.29. The van der Waals surface area contributed by atoms with Crippen LogP contribution in [0.4, 0.5) is 0 Å². The number of amides is 3. The molecule has 0 aliphatic carbocycles. The summed E-state index contributed by atoms with van der Waals surface area (Å²) < 4.78 is 0. The van der Waals surface area contributed by atoms with Gasteiger partial charge in [0.2, 0.25) is 11.8 Å². The predicted molar refractivity (Wildman–Crippen MR) is 87.3 cm³/mol. The Hall–Kier alpha value is -2.21. The molecule has 0 saturated carbocycles. The highest BCUT2D eigenvalue weighted by atomic mass is 16.2. The van der Waals surface area contributed by atoms with E-state index in [4.69, 9.17) is 0 Å². The topological polar surface area (TPSA) is 78.5 Å². The molecule has 2 saturated heterocycles. The summed E-state index contributed by atoms with van der Waals surface area (Å²) >= 11 is 0. The highest BCUT2D eigenvalue weighted by Crippen LogP contribution is 2.32. The molecule has 6 heteroatoms. The predicted octanol–water partition coefficient (Wildman–Crippen LogP) is 0.915. The molecule has 1 aromatic rings. The summed E-state index contributed by atoms with van der Waals surface area (Å²) in [6.07, 6.45) is 2.93. The van der Waals surface area contributed by atoms with Crippen molar-refractivity contribution in [1.82, 2.24) is 15.5 Å². The van der Waals surface area contributed by atoms with Gasteiger partial charge in [0.1, 0.15) is 6.04 Å². The molecule has 0 bridgehead atoms. The fourth-order valence-corrected chi connectivity index (χ4v) is 4.00. The van der Waals surface area contributed by atoms with E-state index in [1.165, 1.54) is 5.56 Å². The van der Waals surface area contributed by atoms with Gasteiger partial charge in [0, 0.05) is 18.5 Å². The van der Waals surface area contributed by atoms with Gasteiger partial charge < -0.3 is 10.2 Å². The van der Waals surface area contributed by atoms with Gasteiger partial charge in [-0.25, -0.2) is 0 Å². The van der Waals surface area contributed by atoms with E-state index in [2.05, 4.69) is 22.8 Å². The number of benzene rings is 1. The second kappa shape index (κ2) is 6.02.